The second-order valence-electron chi connectivity index (χ2n) is 2.82. The van der Waals surface area contributed by atoms with Gasteiger partial charge in [0, 0.05) is 15.7 Å². The highest BCUT2D eigenvalue weighted by Crippen LogP contribution is 2.13. The average molecular weight is 289 g/mol. The first-order chi connectivity index (χ1) is 6.15. The Bertz CT molecular complexity index is 323. The van der Waals surface area contributed by atoms with Gasteiger partial charge < -0.3 is 5.32 Å². The first kappa shape index (κ1) is 10.5. The quantitative estimate of drug-likeness (QED) is 0.832. The van der Waals surface area contributed by atoms with Gasteiger partial charge in [-0.1, -0.05) is 6.07 Å². The predicted molar refractivity (Wildman–Crippen MR) is 61.9 cm³/mol. The van der Waals surface area contributed by atoms with E-state index in [0.29, 0.717) is 6.54 Å². The Morgan fingerprint density at radius 1 is 1.54 bits per heavy atom. The van der Waals surface area contributed by atoms with Crippen LogP contribution in [0.2, 0.25) is 0 Å². The number of amides is 1. The minimum absolute atomic E-state index is 0.000385. The summed E-state index contributed by atoms with van der Waals surface area (Å²) in [4.78, 5) is 11.4. The predicted octanol–water partition coefficient (Wildman–Crippen LogP) is 2.35. The highest BCUT2D eigenvalue weighted by molar-refractivity contribution is 14.1. The van der Waals surface area contributed by atoms with Crippen LogP contribution in [0.1, 0.15) is 22.8 Å². The van der Waals surface area contributed by atoms with E-state index in [1.54, 1.807) is 0 Å². The number of aryl methyl sites for hydroxylation is 1. The molecular weight excluding hydrogens is 277 g/mol. The van der Waals surface area contributed by atoms with E-state index in [9.17, 15) is 4.79 Å². The van der Waals surface area contributed by atoms with Gasteiger partial charge in [-0.25, -0.2) is 0 Å². The number of benzene rings is 1. The van der Waals surface area contributed by atoms with Crippen molar-refractivity contribution in [3.63, 3.8) is 0 Å². The van der Waals surface area contributed by atoms with Gasteiger partial charge in [-0.3, -0.25) is 4.79 Å². The number of carbonyl (C=O) groups is 1. The molecule has 70 valence electrons. The van der Waals surface area contributed by atoms with Crippen molar-refractivity contribution in [2.75, 3.05) is 6.54 Å². The summed E-state index contributed by atoms with van der Waals surface area (Å²) in [5.41, 5.74) is 1.94. The van der Waals surface area contributed by atoms with Crippen LogP contribution in [0.5, 0.6) is 0 Å². The van der Waals surface area contributed by atoms with Crippen LogP contribution in [-0.2, 0) is 0 Å². The Morgan fingerprint density at radius 3 is 2.77 bits per heavy atom. The maximum atomic E-state index is 11.4. The van der Waals surface area contributed by atoms with Gasteiger partial charge >= 0.3 is 0 Å². The monoisotopic (exact) mass is 289 g/mol. The highest BCUT2D eigenvalue weighted by Gasteiger charge is 2.04. The van der Waals surface area contributed by atoms with Crippen LogP contribution in [0.15, 0.2) is 18.2 Å². The number of hydrogen-bond acceptors (Lipinski definition) is 1. The van der Waals surface area contributed by atoms with Gasteiger partial charge in [-0.05, 0) is 54.1 Å². The van der Waals surface area contributed by atoms with E-state index in [1.165, 1.54) is 5.56 Å². The van der Waals surface area contributed by atoms with Crippen molar-refractivity contribution in [1.29, 1.82) is 0 Å². The molecule has 0 saturated carbocycles. The molecule has 0 fully saturated rings. The van der Waals surface area contributed by atoms with Crippen LogP contribution in [0.4, 0.5) is 0 Å². The lowest BCUT2D eigenvalue weighted by Gasteiger charge is -2.03. The van der Waals surface area contributed by atoms with Gasteiger partial charge in [0.05, 0.1) is 0 Å². The topological polar surface area (TPSA) is 29.1 Å². The molecule has 0 aliphatic heterocycles. The number of halogens is 1. The molecule has 1 aromatic rings. The summed E-state index contributed by atoms with van der Waals surface area (Å²) in [7, 11) is 0. The van der Waals surface area contributed by atoms with Crippen LogP contribution >= 0.6 is 22.6 Å². The molecule has 1 aromatic carbocycles. The molecule has 1 rings (SSSR count). The molecule has 2 nitrogen and oxygen atoms in total. The van der Waals surface area contributed by atoms with Crippen molar-refractivity contribution in [2.45, 2.75) is 13.8 Å². The van der Waals surface area contributed by atoms with Crippen molar-refractivity contribution in [1.82, 2.24) is 5.32 Å². The molecule has 0 radical (unpaired) electrons. The Balaban J connectivity index is 2.90. The maximum absolute atomic E-state index is 11.4. The molecular formula is C10H12INO. The molecule has 3 heteroatoms. The number of hydrogen-bond donors (Lipinski definition) is 1. The lowest BCUT2D eigenvalue weighted by molar-refractivity contribution is 0.0956. The largest absolute Gasteiger partial charge is 0.352 e. The second-order valence-corrected chi connectivity index (χ2v) is 3.99. The highest BCUT2D eigenvalue weighted by atomic mass is 127. The fraction of sp³-hybridized carbons (Fsp3) is 0.300. The number of rotatable bonds is 2. The summed E-state index contributed by atoms with van der Waals surface area (Å²) in [6, 6.07) is 5.72. The first-order valence-electron chi connectivity index (χ1n) is 4.19. The fourth-order valence-corrected chi connectivity index (χ4v) is 1.51. The molecule has 0 unspecified atom stereocenters. The molecule has 0 spiro atoms. The standard InChI is InChI=1S/C10H12INO/c1-3-12-10(13)8-5-4-7(2)9(11)6-8/h4-6H,3H2,1-2H3,(H,12,13). The van der Waals surface area contributed by atoms with Gasteiger partial charge in [0.25, 0.3) is 5.91 Å². The molecule has 0 aromatic heterocycles. The lowest BCUT2D eigenvalue weighted by atomic mass is 10.1. The molecule has 0 aliphatic rings. The van der Waals surface area contributed by atoms with Crippen LogP contribution in [-0.4, -0.2) is 12.5 Å². The van der Waals surface area contributed by atoms with Crippen molar-refractivity contribution >= 4 is 28.5 Å². The lowest BCUT2D eigenvalue weighted by Crippen LogP contribution is -2.22. The van der Waals surface area contributed by atoms with Gasteiger partial charge in [0.15, 0.2) is 0 Å². The first-order valence-corrected chi connectivity index (χ1v) is 5.27. The summed E-state index contributed by atoms with van der Waals surface area (Å²) in [6.07, 6.45) is 0. The van der Waals surface area contributed by atoms with Crippen molar-refractivity contribution in [3.05, 3.63) is 32.9 Å². The van der Waals surface area contributed by atoms with E-state index >= 15 is 0 Å². The number of carbonyl (C=O) groups excluding carboxylic acids is 1. The van der Waals surface area contributed by atoms with Gasteiger partial charge in [0.2, 0.25) is 0 Å². The smallest absolute Gasteiger partial charge is 0.251 e. The molecule has 0 bridgehead atoms. The van der Waals surface area contributed by atoms with E-state index in [1.807, 2.05) is 32.0 Å². The average Bonchev–Trinajstić information content (AvgIpc) is 2.10. The zero-order valence-corrected chi connectivity index (χ0v) is 9.88. The van der Waals surface area contributed by atoms with Gasteiger partial charge in [-0.15, -0.1) is 0 Å². The summed E-state index contributed by atoms with van der Waals surface area (Å²) in [5, 5.41) is 2.77. The van der Waals surface area contributed by atoms with Crippen molar-refractivity contribution in [3.8, 4) is 0 Å². The van der Waals surface area contributed by atoms with Crippen LogP contribution < -0.4 is 5.32 Å². The third-order valence-corrected chi connectivity index (χ3v) is 2.93. The van der Waals surface area contributed by atoms with Gasteiger partial charge in [0.1, 0.15) is 0 Å². The molecule has 0 aliphatic carbocycles. The van der Waals surface area contributed by atoms with E-state index < -0.39 is 0 Å². The van der Waals surface area contributed by atoms with Crippen LogP contribution in [0.3, 0.4) is 0 Å². The van der Waals surface area contributed by atoms with Crippen LogP contribution in [0, 0.1) is 10.5 Å². The second kappa shape index (κ2) is 4.60. The Kier molecular flexibility index (Phi) is 3.71. The zero-order chi connectivity index (χ0) is 9.84. The molecule has 1 amide bonds. The minimum atomic E-state index is 0.000385. The minimum Gasteiger partial charge on any atom is -0.352 e. The summed E-state index contributed by atoms with van der Waals surface area (Å²) in [6.45, 7) is 4.61. The fourth-order valence-electron chi connectivity index (χ4n) is 0.997. The van der Waals surface area contributed by atoms with Crippen LogP contribution in [0.25, 0.3) is 0 Å². The Morgan fingerprint density at radius 2 is 2.23 bits per heavy atom. The Labute approximate surface area is 91.9 Å². The zero-order valence-electron chi connectivity index (χ0n) is 7.73. The third-order valence-electron chi connectivity index (χ3n) is 1.77. The van der Waals surface area contributed by atoms with E-state index in [2.05, 4.69) is 27.9 Å². The molecule has 13 heavy (non-hydrogen) atoms. The summed E-state index contributed by atoms with van der Waals surface area (Å²) < 4.78 is 1.13. The SMILES string of the molecule is CCNC(=O)c1ccc(C)c(I)c1. The van der Waals surface area contributed by atoms with Gasteiger partial charge in [-0.2, -0.15) is 0 Å². The number of nitrogens with one attached hydrogen (secondary N) is 1. The molecule has 0 heterocycles. The van der Waals surface area contributed by atoms with Crippen molar-refractivity contribution < 1.29 is 4.79 Å². The third kappa shape index (κ3) is 2.69. The normalized spacial score (nSPS) is 9.77. The van der Waals surface area contributed by atoms with Crippen molar-refractivity contribution in [2.24, 2.45) is 0 Å². The summed E-state index contributed by atoms with van der Waals surface area (Å²) >= 11 is 2.23. The van der Waals surface area contributed by atoms with E-state index in [-0.39, 0.29) is 5.91 Å². The Hall–Kier alpha value is -0.580. The summed E-state index contributed by atoms with van der Waals surface area (Å²) in [5.74, 6) is 0.000385. The molecule has 1 N–H and O–H groups in total. The maximum Gasteiger partial charge on any atom is 0.251 e. The molecule has 0 atom stereocenters. The van der Waals surface area contributed by atoms with E-state index in [4.69, 9.17) is 0 Å². The molecule has 0 saturated heterocycles. The van der Waals surface area contributed by atoms with E-state index in [0.717, 1.165) is 9.13 Å².